The predicted molar refractivity (Wildman–Crippen MR) is 137 cm³/mol. The summed E-state index contributed by atoms with van der Waals surface area (Å²) in [5.41, 5.74) is 5.92. The van der Waals surface area contributed by atoms with Gasteiger partial charge >= 0.3 is 0 Å². The van der Waals surface area contributed by atoms with Crippen LogP contribution in [-0.4, -0.2) is 10.8 Å². The Labute approximate surface area is 195 Å². The minimum atomic E-state index is -0.0835. The van der Waals surface area contributed by atoms with Crippen LogP contribution in [-0.2, 0) is 11.2 Å². The molecule has 0 amide bonds. The van der Waals surface area contributed by atoms with Crippen LogP contribution in [0.1, 0.15) is 74.7 Å². The Balaban J connectivity index is 0.00000204. The molecule has 0 bridgehead atoms. The number of Topliss-reactive ketones (excluding diaryl/α,β-unsaturated/α-hetero) is 1. The fraction of sp³-hybridized carbons (Fsp3) is 0.333. The van der Waals surface area contributed by atoms with Crippen LogP contribution in [0.15, 0.2) is 79.5 Å². The number of hydrogen-bond acceptors (Lipinski definition) is 2. The molecule has 1 saturated carbocycles. The van der Waals surface area contributed by atoms with Gasteiger partial charge in [-0.2, -0.15) is 0 Å². The average Bonchev–Trinajstić information content (AvgIpc) is 2.83. The zero-order chi connectivity index (χ0) is 22.3. The lowest BCUT2D eigenvalue weighted by atomic mass is 9.74. The Morgan fingerprint density at radius 3 is 2.53 bits per heavy atom. The van der Waals surface area contributed by atoms with Gasteiger partial charge in [0.15, 0.2) is 0 Å². The van der Waals surface area contributed by atoms with Gasteiger partial charge in [0.05, 0.1) is 5.69 Å². The third kappa shape index (κ3) is 5.24. The van der Waals surface area contributed by atoms with E-state index in [2.05, 4.69) is 56.0 Å². The van der Waals surface area contributed by atoms with E-state index in [0.29, 0.717) is 24.0 Å². The number of nitrogens with zero attached hydrogens (tertiary/aromatic N) is 1. The largest absolute Gasteiger partial charge is 0.299 e. The SMILES string of the molecule is C=Cc1c(C)ccnc1C1CCC[C@@H](CC(=O)[C@H](Cc2ccccc2)c2ccccc2)C1.[HH].[HH]. The summed E-state index contributed by atoms with van der Waals surface area (Å²) in [6.45, 7) is 6.14. The molecule has 0 N–H and O–H groups in total. The topological polar surface area (TPSA) is 30.0 Å². The summed E-state index contributed by atoms with van der Waals surface area (Å²) >= 11 is 0. The maximum Gasteiger partial charge on any atom is 0.140 e. The molecule has 1 aliphatic carbocycles. The number of benzene rings is 2. The van der Waals surface area contributed by atoms with Crippen molar-refractivity contribution in [2.24, 2.45) is 5.92 Å². The van der Waals surface area contributed by atoms with Crippen LogP contribution >= 0.6 is 0 Å². The lowest BCUT2D eigenvalue weighted by molar-refractivity contribution is -0.121. The summed E-state index contributed by atoms with van der Waals surface area (Å²) in [6.07, 6.45) is 9.74. The van der Waals surface area contributed by atoms with E-state index in [9.17, 15) is 4.79 Å². The minimum absolute atomic E-state index is 0. The number of rotatable bonds is 8. The monoisotopic (exact) mass is 427 g/mol. The fourth-order valence-corrected chi connectivity index (χ4v) is 5.29. The van der Waals surface area contributed by atoms with Gasteiger partial charge in [0.2, 0.25) is 0 Å². The molecule has 3 aromatic rings. The van der Waals surface area contributed by atoms with Crippen molar-refractivity contribution in [2.75, 3.05) is 0 Å². The molecule has 168 valence electrons. The van der Waals surface area contributed by atoms with E-state index in [-0.39, 0.29) is 8.77 Å². The Morgan fingerprint density at radius 2 is 1.81 bits per heavy atom. The quantitative estimate of drug-likeness (QED) is 0.367. The molecule has 32 heavy (non-hydrogen) atoms. The molecular weight excluding hydrogens is 390 g/mol. The Kier molecular flexibility index (Phi) is 7.32. The first-order chi connectivity index (χ1) is 15.7. The van der Waals surface area contributed by atoms with Crippen LogP contribution in [0, 0.1) is 12.8 Å². The molecule has 1 aliphatic rings. The van der Waals surface area contributed by atoms with Crippen molar-refractivity contribution in [1.82, 2.24) is 4.98 Å². The Bertz CT molecular complexity index is 1050. The Hall–Kier alpha value is -3.00. The predicted octanol–water partition coefficient (Wildman–Crippen LogP) is 7.78. The van der Waals surface area contributed by atoms with E-state index >= 15 is 0 Å². The normalized spacial score (nSPS) is 19.3. The smallest absolute Gasteiger partial charge is 0.140 e. The maximum atomic E-state index is 13.6. The van der Waals surface area contributed by atoms with E-state index < -0.39 is 0 Å². The van der Waals surface area contributed by atoms with Gasteiger partial charge in [-0.15, -0.1) is 0 Å². The second-order valence-electron chi connectivity index (χ2n) is 9.18. The lowest BCUT2D eigenvalue weighted by Gasteiger charge is -2.30. The summed E-state index contributed by atoms with van der Waals surface area (Å²) in [7, 11) is 0. The first-order valence-corrected chi connectivity index (χ1v) is 11.8. The van der Waals surface area contributed by atoms with Crippen LogP contribution in [0.4, 0.5) is 0 Å². The van der Waals surface area contributed by atoms with Gasteiger partial charge in [-0.25, -0.2) is 0 Å². The summed E-state index contributed by atoms with van der Waals surface area (Å²) < 4.78 is 0. The van der Waals surface area contributed by atoms with Crippen molar-refractivity contribution in [3.05, 3.63) is 107 Å². The molecule has 0 aliphatic heterocycles. The Morgan fingerprint density at radius 1 is 1.09 bits per heavy atom. The van der Waals surface area contributed by atoms with E-state index in [1.54, 1.807) is 0 Å². The molecule has 1 unspecified atom stereocenters. The maximum absolute atomic E-state index is 13.6. The third-order valence-corrected chi connectivity index (χ3v) is 6.98. The number of carbonyl (C=O) groups is 1. The van der Waals surface area contributed by atoms with Gasteiger partial charge in [0, 0.05) is 27.3 Å². The number of hydrogen-bond donors (Lipinski definition) is 0. The molecule has 2 heteroatoms. The van der Waals surface area contributed by atoms with Gasteiger partial charge in [-0.3, -0.25) is 9.78 Å². The van der Waals surface area contributed by atoms with E-state index in [4.69, 9.17) is 4.98 Å². The molecule has 2 aromatic carbocycles. The van der Waals surface area contributed by atoms with Crippen LogP contribution in [0.5, 0.6) is 0 Å². The van der Waals surface area contributed by atoms with Crippen molar-refractivity contribution in [3.63, 3.8) is 0 Å². The van der Waals surface area contributed by atoms with Gasteiger partial charge in [0.25, 0.3) is 0 Å². The van der Waals surface area contributed by atoms with Gasteiger partial charge < -0.3 is 0 Å². The lowest BCUT2D eigenvalue weighted by Crippen LogP contribution is -2.23. The molecule has 1 heterocycles. The van der Waals surface area contributed by atoms with Crippen LogP contribution in [0.25, 0.3) is 6.08 Å². The highest BCUT2D eigenvalue weighted by Crippen LogP contribution is 2.40. The second kappa shape index (κ2) is 10.5. The molecule has 1 aromatic heterocycles. The van der Waals surface area contributed by atoms with E-state index in [1.807, 2.05) is 36.5 Å². The van der Waals surface area contributed by atoms with Crippen molar-refractivity contribution in [3.8, 4) is 0 Å². The standard InChI is InChI=1S/C30H33NO.2H2/c1-3-27-22(2)17-18-31-30(27)26-16-10-13-24(19-26)21-29(32)28(25-14-8-5-9-15-25)20-23-11-6-4-7-12-23;;/h3-9,11-12,14-15,17-18,24,26,28H,1,10,13,16,19-21H2,2H3;2*1H/t24-,26?,28-;;/m1../s1. The molecular formula is C30H37NO. The summed E-state index contributed by atoms with van der Waals surface area (Å²) in [4.78, 5) is 18.3. The van der Waals surface area contributed by atoms with Gasteiger partial charge in [0.1, 0.15) is 5.78 Å². The second-order valence-corrected chi connectivity index (χ2v) is 9.18. The minimum Gasteiger partial charge on any atom is -0.299 e. The zero-order valence-electron chi connectivity index (χ0n) is 19.0. The highest BCUT2D eigenvalue weighted by atomic mass is 16.1. The number of aromatic nitrogens is 1. The first-order valence-electron chi connectivity index (χ1n) is 11.8. The van der Waals surface area contributed by atoms with E-state index in [1.165, 1.54) is 22.4 Å². The van der Waals surface area contributed by atoms with Gasteiger partial charge in [-0.05, 0) is 66.8 Å². The zero-order valence-corrected chi connectivity index (χ0v) is 19.0. The summed E-state index contributed by atoms with van der Waals surface area (Å²) in [5.74, 6) is 1.12. The highest BCUT2D eigenvalue weighted by Gasteiger charge is 2.30. The number of aryl methyl sites for hydroxylation is 1. The molecule has 2 nitrogen and oxygen atoms in total. The highest BCUT2D eigenvalue weighted by molar-refractivity contribution is 5.86. The summed E-state index contributed by atoms with van der Waals surface area (Å²) in [6, 6.07) is 22.7. The van der Waals surface area contributed by atoms with Gasteiger partial charge in [-0.1, -0.05) is 79.7 Å². The molecule has 1 fully saturated rings. The number of ketones is 1. The molecule has 0 radical (unpaired) electrons. The van der Waals surface area contributed by atoms with Crippen molar-refractivity contribution in [1.29, 1.82) is 0 Å². The molecule has 0 saturated heterocycles. The molecule has 4 rings (SSSR count). The van der Waals surface area contributed by atoms with E-state index in [0.717, 1.165) is 37.7 Å². The van der Waals surface area contributed by atoms with Crippen molar-refractivity contribution < 1.29 is 7.65 Å². The van der Waals surface area contributed by atoms with Crippen LogP contribution < -0.4 is 0 Å². The molecule has 3 atom stereocenters. The van der Waals surface area contributed by atoms with Crippen LogP contribution in [0.2, 0.25) is 0 Å². The van der Waals surface area contributed by atoms with Crippen LogP contribution in [0.3, 0.4) is 0 Å². The first kappa shape index (κ1) is 22.2. The third-order valence-electron chi connectivity index (χ3n) is 6.98. The summed E-state index contributed by atoms with van der Waals surface area (Å²) in [5, 5.41) is 0. The number of carbonyl (C=O) groups excluding carboxylic acids is 1. The molecule has 0 spiro atoms. The average molecular weight is 428 g/mol. The van der Waals surface area contributed by atoms with Crippen molar-refractivity contribution in [2.45, 2.75) is 57.3 Å². The number of pyridine rings is 1. The van der Waals surface area contributed by atoms with Crippen molar-refractivity contribution >= 4 is 11.9 Å². The fourth-order valence-electron chi connectivity index (χ4n) is 5.29.